The molecule has 0 amide bonds. The molecule has 2 N–H and O–H groups in total. The van der Waals surface area contributed by atoms with Crippen molar-refractivity contribution in [3.8, 4) is 11.1 Å². The normalized spacial score (nSPS) is 13.3. The summed E-state index contributed by atoms with van der Waals surface area (Å²) in [6.45, 7) is 6.35. The van der Waals surface area contributed by atoms with Crippen LogP contribution >= 0.6 is 0 Å². The smallest absolute Gasteiger partial charge is 0.141 e. The van der Waals surface area contributed by atoms with Crippen LogP contribution in [0.15, 0.2) is 53.1 Å². The van der Waals surface area contributed by atoms with Crippen LogP contribution in [0.25, 0.3) is 22.1 Å². The number of rotatable bonds is 5. The molecular formula is C20H23NO3S. The van der Waals surface area contributed by atoms with Gasteiger partial charge in [-0.05, 0) is 61.7 Å². The Kier molecular flexibility index (Phi) is 5.08. The summed E-state index contributed by atoms with van der Waals surface area (Å²) >= 11 is 0. The van der Waals surface area contributed by atoms with E-state index in [0.717, 1.165) is 33.2 Å². The Morgan fingerprint density at radius 2 is 1.92 bits per heavy atom. The second-order valence-corrected chi connectivity index (χ2v) is 9.09. The van der Waals surface area contributed by atoms with Gasteiger partial charge < -0.3 is 9.52 Å². The van der Waals surface area contributed by atoms with Crippen LogP contribution in [0, 0.1) is 0 Å². The minimum Gasteiger partial charge on any atom is -0.464 e. The average Bonchev–Trinajstić information content (AvgIpc) is 3.06. The molecule has 0 aliphatic heterocycles. The highest BCUT2D eigenvalue weighted by Gasteiger charge is 2.19. The van der Waals surface area contributed by atoms with Gasteiger partial charge in [-0.2, -0.15) is 0 Å². The molecule has 1 atom stereocenters. The minimum atomic E-state index is -1.11. The molecule has 5 heteroatoms. The Labute approximate surface area is 150 Å². The van der Waals surface area contributed by atoms with Crippen LogP contribution < -0.4 is 4.72 Å². The third-order valence-electron chi connectivity index (χ3n) is 4.00. The molecule has 3 aromatic rings. The number of nitrogens with one attached hydrogen (secondary N) is 1. The largest absolute Gasteiger partial charge is 0.464 e. The molecule has 25 heavy (non-hydrogen) atoms. The second-order valence-electron chi connectivity index (χ2n) is 7.04. The first-order chi connectivity index (χ1) is 11.9. The molecule has 0 radical (unpaired) electrons. The van der Waals surface area contributed by atoms with E-state index in [-0.39, 0.29) is 11.4 Å². The number of furan rings is 1. The van der Waals surface area contributed by atoms with Gasteiger partial charge in [0, 0.05) is 17.5 Å². The van der Waals surface area contributed by atoms with E-state index >= 15 is 0 Å². The molecule has 4 nitrogen and oxygen atoms in total. The zero-order chi connectivity index (χ0) is 18.0. The molecule has 0 saturated heterocycles. The van der Waals surface area contributed by atoms with Gasteiger partial charge in [0.25, 0.3) is 0 Å². The maximum Gasteiger partial charge on any atom is 0.141 e. The van der Waals surface area contributed by atoms with Gasteiger partial charge in [-0.3, -0.25) is 0 Å². The highest BCUT2D eigenvalue weighted by Crippen LogP contribution is 2.31. The average molecular weight is 357 g/mol. The summed E-state index contributed by atoms with van der Waals surface area (Å²) in [4.78, 5) is 0. The first kappa shape index (κ1) is 17.9. The molecule has 0 bridgehead atoms. The molecule has 0 spiro atoms. The van der Waals surface area contributed by atoms with Gasteiger partial charge in [-0.1, -0.05) is 18.2 Å². The van der Waals surface area contributed by atoms with E-state index in [0.29, 0.717) is 6.54 Å². The zero-order valence-electron chi connectivity index (χ0n) is 14.7. The quantitative estimate of drug-likeness (QED) is 0.721. The predicted octanol–water partition coefficient (Wildman–Crippen LogP) is 4.14. The van der Waals surface area contributed by atoms with Gasteiger partial charge in [-0.25, -0.2) is 8.93 Å². The Morgan fingerprint density at radius 1 is 1.12 bits per heavy atom. The lowest BCUT2D eigenvalue weighted by Crippen LogP contribution is -2.32. The fourth-order valence-electron chi connectivity index (χ4n) is 2.66. The second kappa shape index (κ2) is 7.12. The number of fused-ring (bicyclic) bond motifs is 1. The molecule has 0 saturated carbocycles. The predicted molar refractivity (Wildman–Crippen MR) is 102 cm³/mol. The summed E-state index contributed by atoms with van der Waals surface area (Å²) < 4.78 is 20.6. The molecule has 0 aliphatic rings. The summed E-state index contributed by atoms with van der Waals surface area (Å²) in [5.74, 6) is 0. The first-order valence-corrected chi connectivity index (χ1v) is 9.39. The van der Waals surface area contributed by atoms with E-state index in [4.69, 9.17) is 4.42 Å². The van der Waals surface area contributed by atoms with Crippen molar-refractivity contribution in [2.75, 3.05) is 0 Å². The van der Waals surface area contributed by atoms with E-state index in [1.165, 1.54) is 0 Å². The fourth-order valence-corrected chi connectivity index (χ4v) is 3.39. The van der Waals surface area contributed by atoms with Crippen molar-refractivity contribution in [1.82, 2.24) is 4.72 Å². The molecule has 132 valence electrons. The van der Waals surface area contributed by atoms with Crippen molar-refractivity contribution in [3.05, 3.63) is 59.9 Å². The molecule has 0 unspecified atom stereocenters. The number of hydrogen-bond donors (Lipinski definition) is 2. The van der Waals surface area contributed by atoms with E-state index < -0.39 is 11.0 Å². The van der Waals surface area contributed by atoms with E-state index in [9.17, 15) is 9.32 Å². The van der Waals surface area contributed by atoms with Crippen LogP contribution in [0.5, 0.6) is 0 Å². The molecule has 2 aromatic carbocycles. The highest BCUT2D eigenvalue weighted by atomic mass is 32.2. The number of benzene rings is 2. The van der Waals surface area contributed by atoms with Gasteiger partial charge in [0.15, 0.2) is 0 Å². The molecule has 0 aliphatic carbocycles. The monoisotopic (exact) mass is 357 g/mol. The molecule has 3 rings (SSSR count). The van der Waals surface area contributed by atoms with Crippen molar-refractivity contribution in [1.29, 1.82) is 0 Å². The van der Waals surface area contributed by atoms with Crippen molar-refractivity contribution in [3.63, 3.8) is 0 Å². The molecule has 1 aromatic heterocycles. The Balaban J connectivity index is 1.92. The van der Waals surface area contributed by atoms with E-state index in [1.807, 2.05) is 57.2 Å². The van der Waals surface area contributed by atoms with Gasteiger partial charge in [0.05, 0.1) is 28.6 Å². The summed E-state index contributed by atoms with van der Waals surface area (Å²) in [6, 6.07) is 13.8. The molecular weight excluding hydrogens is 334 g/mol. The SMILES string of the molecule is CC(C)(C)[S@@](=O)NCc1cccc(-c2cc(CO)cc3ccoc23)c1. The molecule has 1 heterocycles. The minimum absolute atomic E-state index is 0.0140. The van der Waals surface area contributed by atoms with Gasteiger partial charge in [0.2, 0.25) is 0 Å². The van der Waals surface area contributed by atoms with E-state index in [1.54, 1.807) is 6.26 Å². The van der Waals surface area contributed by atoms with Gasteiger partial charge in [-0.15, -0.1) is 0 Å². The van der Waals surface area contributed by atoms with Crippen LogP contribution in [-0.4, -0.2) is 14.1 Å². The lowest BCUT2D eigenvalue weighted by Gasteiger charge is -2.18. The first-order valence-electron chi connectivity index (χ1n) is 8.24. The van der Waals surface area contributed by atoms with Gasteiger partial charge in [0.1, 0.15) is 5.58 Å². The molecule has 0 fully saturated rings. The van der Waals surface area contributed by atoms with Crippen LogP contribution in [0.1, 0.15) is 31.9 Å². The summed E-state index contributed by atoms with van der Waals surface area (Å²) in [5.41, 5.74) is 4.66. The van der Waals surface area contributed by atoms with Crippen molar-refractivity contribution in [2.24, 2.45) is 0 Å². The van der Waals surface area contributed by atoms with Gasteiger partial charge >= 0.3 is 0 Å². The van der Waals surface area contributed by atoms with Crippen LogP contribution in [0.2, 0.25) is 0 Å². The summed E-state index contributed by atoms with van der Waals surface area (Å²) in [5, 5.41) is 10.5. The Bertz CT molecular complexity index is 909. The van der Waals surface area contributed by atoms with Crippen molar-refractivity contribution < 1.29 is 13.7 Å². The Morgan fingerprint density at radius 3 is 2.64 bits per heavy atom. The number of hydrogen-bond acceptors (Lipinski definition) is 3. The van der Waals surface area contributed by atoms with Crippen LogP contribution in [0.4, 0.5) is 0 Å². The summed E-state index contributed by atoms with van der Waals surface area (Å²) in [7, 11) is -1.11. The van der Waals surface area contributed by atoms with E-state index in [2.05, 4.69) is 10.8 Å². The fraction of sp³-hybridized carbons (Fsp3) is 0.300. The number of aliphatic hydroxyl groups excluding tert-OH is 1. The van der Waals surface area contributed by atoms with Crippen LogP contribution in [-0.2, 0) is 24.1 Å². The highest BCUT2D eigenvalue weighted by molar-refractivity contribution is 7.84. The maximum absolute atomic E-state index is 12.2. The maximum atomic E-state index is 12.2. The van der Waals surface area contributed by atoms with Crippen molar-refractivity contribution in [2.45, 2.75) is 38.7 Å². The standard InChI is InChI=1S/C20H23NO3S/c1-20(2,3)25(23)21-12-14-5-4-6-16(9-14)18-11-15(13-22)10-17-7-8-24-19(17)18/h4-11,21-22H,12-13H2,1-3H3/t25-/m1/s1. The third kappa shape index (κ3) is 4.00. The third-order valence-corrected chi connectivity index (χ3v) is 5.51. The Hall–Kier alpha value is -1.95. The van der Waals surface area contributed by atoms with Crippen LogP contribution in [0.3, 0.4) is 0 Å². The zero-order valence-corrected chi connectivity index (χ0v) is 15.5. The topological polar surface area (TPSA) is 62.5 Å². The summed E-state index contributed by atoms with van der Waals surface area (Å²) in [6.07, 6.45) is 1.66. The lowest BCUT2D eigenvalue weighted by atomic mass is 9.99. The lowest BCUT2D eigenvalue weighted by molar-refractivity contribution is 0.282. The van der Waals surface area contributed by atoms with Crippen molar-refractivity contribution >= 4 is 22.0 Å². The number of aliphatic hydroxyl groups is 1.